The Kier molecular flexibility index (Phi) is 7.53. The Morgan fingerprint density at radius 2 is 1.84 bits per heavy atom. The Morgan fingerprint density at radius 3 is 2.32 bits per heavy atom. The van der Waals surface area contributed by atoms with Gasteiger partial charge in [0.05, 0.1) is 0 Å². The molecule has 0 aromatic heterocycles. The summed E-state index contributed by atoms with van der Waals surface area (Å²) >= 11 is 0. The molecule has 0 heteroatoms. The summed E-state index contributed by atoms with van der Waals surface area (Å²) in [4.78, 5) is 0. The van der Waals surface area contributed by atoms with E-state index in [1.165, 1.54) is 30.4 Å². The van der Waals surface area contributed by atoms with Crippen LogP contribution in [0.4, 0.5) is 0 Å². The summed E-state index contributed by atoms with van der Waals surface area (Å²) in [6.07, 6.45) is 17.8. The summed E-state index contributed by atoms with van der Waals surface area (Å²) in [5.74, 6) is 0. The van der Waals surface area contributed by atoms with Crippen LogP contribution in [0.25, 0.3) is 0 Å². The fourth-order valence-corrected chi connectivity index (χ4v) is 2.64. The molecule has 0 aromatic rings. The Morgan fingerprint density at radius 1 is 1.26 bits per heavy atom. The third-order valence-corrected chi connectivity index (χ3v) is 4.25. The van der Waals surface area contributed by atoms with Gasteiger partial charge in [-0.15, -0.1) is 12.8 Å². The lowest BCUT2D eigenvalue weighted by Gasteiger charge is -2.33. The van der Waals surface area contributed by atoms with Crippen molar-refractivity contribution in [3.05, 3.63) is 34.4 Å². The zero-order valence-corrected chi connectivity index (χ0v) is 13.6. The fraction of sp³-hybridized carbons (Fsp3) is 0.579. The zero-order chi connectivity index (χ0) is 15.1. The molecule has 0 unspecified atom stereocenters. The topological polar surface area (TPSA) is 0 Å². The van der Waals surface area contributed by atoms with Crippen molar-refractivity contribution in [3.8, 4) is 12.8 Å². The Labute approximate surface area is 120 Å². The van der Waals surface area contributed by atoms with Crippen LogP contribution in [0.5, 0.6) is 0 Å². The summed E-state index contributed by atoms with van der Waals surface area (Å²) < 4.78 is 0. The molecule has 0 N–H and O–H groups in total. The molecule has 106 valence electrons. The van der Waals surface area contributed by atoms with Gasteiger partial charge in [0.1, 0.15) is 0 Å². The first kappa shape index (κ1) is 17.8. The highest BCUT2D eigenvalue weighted by Gasteiger charge is 2.26. The van der Waals surface area contributed by atoms with Gasteiger partial charge in [0.15, 0.2) is 0 Å². The van der Waals surface area contributed by atoms with E-state index in [1.807, 2.05) is 0 Å². The van der Waals surface area contributed by atoms with Gasteiger partial charge in [-0.2, -0.15) is 0 Å². The predicted molar refractivity (Wildman–Crippen MR) is 88.0 cm³/mol. The van der Waals surface area contributed by atoms with E-state index in [9.17, 15) is 0 Å². The van der Waals surface area contributed by atoms with Crippen molar-refractivity contribution < 1.29 is 0 Å². The highest BCUT2D eigenvalue weighted by atomic mass is 14.3. The second-order valence-electron chi connectivity index (χ2n) is 6.08. The number of rotatable bonds is 3. The molecule has 19 heavy (non-hydrogen) atoms. The lowest BCUT2D eigenvalue weighted by Crippen LogP contribution is -2.19. The largest absolute Gasteiger partial charge is 0.124 e. The molecule has 1 rings (SSSR count). The summed E-state index contributed by atoms with van der Waals surface area (Å²) in [5, 5.41) is 0. The molecule has 0 aromatic carbocycles. The molecule has 0 radical (unpaired) electrons. The highest BCUT2D eigenvalue weighted by molar-refractivity contribution is 5.36. The second kappa shape index (κ2) is 8.05. The minimum absolute atomic E-state index is 0.360. The Hall–Kier alpha value is -1.22. The van der Waals surface area contributed by atoms with E-state index < -0.39 is 0 Å². The van der Waals surface area contributed by atoms with Crippen LogP contribution < -0.4 is 0 Å². The van der Waals surface area contributed by atoms with Crippen molar-refractivity contribution in [2.24, 2.45) is 5.41 Å². The molecule has 0 atom stereocenters. The molecule has 0 amide bonds. The van der Waals surface area contributed by atoms with Crippen molar-refractivity contribution >= 4 is 0 Å². The smallest absolute Gasteiger partial charge is 0.0104 e. The monoisotopic (exact) mass is 258 g/mol. The van der Waals surface area contributed by atoms with Crippen LogP contribution >= 0.6 is 0 Å². The quantitative estimate of drug-likeness (QED) is 0.426. The number of allylic oxidation sites excluding steroid dienone is 6. The first-order valence-electron chi connectivity index (χ1n) is 7.26. The molecule has 0 nitrogen and oxygen atoms in total. The standard InChI is InChI=1S/C17H28.C2H2/c1-7-13(2)14(3)10-11-16-15(4)9-8-12-17(16,5)6;1-2/h10-11H,7-9,12H2,1-6H3;1-2H/b11-10+,14-13-;. The number of hydrogen-bond acceptors (Lipinski definition) is 0. The maximum atomic E-state index is 4.00. The predicted octanol–water partition coefficient (Wildman–Crippen LogP) is 6.07. The lowest BCUT2D eigenvalue weighted by atomic mass is 9.72. The minimum atomic E-state index is 0.360. The third-order valence-electron chi connectivity index (χ3n) is 4.25. The van der Waals surface area contributed by atoms with Crippen LogP contribution in [-0.2, 0) is 0 Å². The minimum Gasteiger partial charge on any atom is -0.124 e. The lowest BCUT2D eigenvalue weighted by molar-refractivity contribution is 0.377. The Bertz CT molecular complexity index is 397. The average Bonchev–Trinajstić information content (AvgIpc) is 2.38. The van der Waals surface area contributed by atoms with Crippen LogP contribution in [0.3, 0.4) is 0 Å². The maximum absolute atomic E-state index is 4.00. The second-order valence-corrected chi connectivity index (χ2v) is 6.08. The third kappa shape index (κ3) is 5.11. The maximum Gasteiger partial charge on any atom is -0.0104 e. The van der Waals surface area contributed by atoms with E-state index in [0.29, 0.717) is 5.41 Å². The van der Waals surface area contributed by atoms with Gasteiger partial charge in [-0.3, -0.25) is 0 Å². The average molecular weight is 258 g/mol. The molecule has 0 saturated heterocycles. The summed E-state index contributed by atoms with van der Waals surface area (Å²) in [6.45, 7) is 13.7. The first-order chi connectivity index (χ1) is 8.88. The normalized spacial score (nSPS) is 19.8. The van der Waals surface area contributed by atoms with E-state index in [4.69, 9.17) is 0 Å². The van der Waals surface area contributed by atoms with E-state index in [0.717, 1.165) is 6.42 Å². The molecule has 1 aliphatic carbocycles. The van der Waals surface area contributed by atoms with Gasteiger partial charge < -0.3 is 0 Å². The van der Waals surface area contributed by atoms with E-state index in [-0.39, 0.29) is 0 Å². The SMILES string of the molecule is C#C.CC/C(C)=C(C)\C=C\C1=C(C)CCCC1(C)C. The van der Waals surface area contributed by atoms with Crippen LogP contribution in [0, 0.1) is 18.3 Å². The van der Waals surface area contributed by atoms with Crippen molar-refractivity contribution in [3.63, 3.8) is 0 Å². The van der Waals surface area contributed by atoms with Crippen molar-refractivity contribution in [2.45, 2.75) is 67.2 Å². The van der Waals surface area contributed by atoms with Gasteiger partial charge in [-0.25, -0.2) is 0 Å². The summed E-state index contributed by atoms with van der Waals surface area (Å²) in [7, 11) is 0. The Balaban J connectivity index is 0.00000154. The van der Waals surface area contributed by atoms with Crippen LogP contribution in [0.1, 0.15) is 67.2 Å². The molecular formula is C19H30. The van der Waals surface area contributed by atoms with E-state index in [1.54, 1.807) is 11.1 Å². The van der Waals surface area contributed by atoms with Crippen molar-refractivity contribution in [1.82, 2.24) is 0 Å². The zero-order valence-electron chi connectivity index (χ0n) is 13.6. The molecule has 0 aliphatic heterocycles. The van der Waals surface area contributed by atoms with Gasteiger partial charge in [0.2, 0.25) is 0 Å². The molecule has 1 aliphatic rings. The molecule has 0 heterocycles. The highest BCUT2D eigenvalue weighted by Crippen LogP contribution is 2.40. The first-order valence-corrected chi connectivity index (χ1v) is 7.26. The van der Waals surface area contributed by atoms with Gasteiger partial charge in [0, 0.05) is 0 Å². The fourth-order valence-electron chi connectivity index (χ4n) is 2.64. The van der Waals surface area contributed by atoms with Gasteiger partial charge in [0.25, 0.3) is 0 Å². The molecule has 0 bridgehead atoms. The van der Waals surface area contributed by atoms with Gasteiger partial charge in [-0.05, 0) is 57.4 Å². The van der Waals surface area contributed by atoms with Crippen molar-refractivity contribution in [2.75, 3.05) is 0 Å². The van der Waals surface area contributed by atoms with E-state index >= 15 is 0 Å². The molecule has 0 fully saturated rings. The number of hydrogen-bond donors (Lipinski definition) is 0. The molecule has 0 saturated carbocycles. The summed E-state index contributed by atoms with van der Waals surface area (Å²) in [6, 6.07) is 0. The van der Waals surface area contributed by atoms with Gasteiger partial charge in [-0.1, -0.05) is 49.6 Å². The van der Waals surface area contributed by atoms with E-state index in [2.05, 4.69) is 66.5 Å². The van der Waals surface area contributed by atoms with Crippen molar-refractivity contribution in [1.29, 1.82) is 0 Å². The molecule has 0 spiro atoms. The van der Waals surface area contributed by atoms with Crippen LogP contribution in [0.2, 0.25) is 0 Å². The van der Waals surface area contributed by atoms with Crippen LogP contribution in [0.15, 0.2) is 34.4 Å². The summed E-state index contributed by atoms with van der Waals surface area (Å²) in [5.41, 5.74) is 6.42. The number of terminal acetylenes is 1. The van der Waals surface area contributed by atoms with Gasteiger partial charge >= 0.3 is 0 Å². The molecular weight excluding hydrogens is 228 g/mol. The van der Waals surface area contributed by atoms with Crippen LogP contribution in [-0.4, -0.2) is 0 Å².